The molecule has 0 amide bonds. The lowest BCUT2D eigenvalue weighted by molar-refractivity contribution is -0.177. The molecule has 1 aliphatic heterocycles. The fourth-order valence-corrected chi connectivity index (χ4v) is 1.45. The third kappa shape index (κ3) is 2.21. The third-order valence-corrected chi connectivity index (χ3v) is 2.17. The summed E-state index contributed by atoms with van der Waals surface area (Å²) in [5.41, 5.74) is -0.316. The summed E-state index contributed by atoms with van der Waals surface area (Å²) < 4.78 is 10.6. The first-order valence-corrected chi connectivity index (χ1v) is 4.33. The summed E-state index contributed by atoms with van der Waals surface area (Å²) in [5, 5.41) is 0. The Morgan fingerprint density at radius 3 is 2.75 bits per heavy atom. The van der Waals surface area contributed by atoms with E-state index in [4.69, 9.17) is 9.47 Å². The zero-order valence-electron chi connectivity index (χ0n) is 7.92. The fourth-order valence-electron chi connectivity index (χ4n) is 1.45. The van der Waals surface area contributed by atoms with Gasteiger partial charge in [-0.15, -0.1) is 0 Å². The molecule has 0 aromatic carbocycles. The maximum Gasteiger partial charge on any atom is 0.303 e. The molecule has 0 bridgehead atoms. The second-order valence-corrected chi connectivity index (χ2v) is 3.69. The van der Waals surface area contributed by atoms with Crippen molar-refractivity contribution in [2.24, 2.45) is 0 Å². The van der Waals surface area contributed by atoms with E-state index in [9.17, 15) is 4.79 Å². The number of esters is 1. The Labute approximate surface area is 73.0 Å². The molecule has 1 atom stereocenters. The summed E-state index contributed by atoms with van der Waals surface area (Å²) in [4.78, 5) is 10.7. The third-order valence-electron chi connectivity index (χ3n) is 2.17. The van der Waals surface area contributed by atoms with E-state index in [2.05, 4.69) is 0 Å². The Hall–Kier alpha value is -0.570. The minimum Gasteiger partial charge on any atom is -0.460 e. The average molecular weight is 172 g/mol. The molecule has 1 rings (SSSR count). The second-order valence-electron chi connectivity index (χ2n) is 3.69. The highest BCUT2D eigenvalue weighted by Gasteiger charge is 2.35. The zero-order chi connectivity index (χ0) is 9.19. The van der Waals surface area contributed by atoms with Gasteiger partial charge in [0.1, 0.15) is 6.10 Å². The van der Waals surface area contributed by atoms with Gasteiger partial charge in [0.15, 0.2) is 0 Å². The van der Waals surface area contributed by atoms with Crippen LogP contribution in [0.3, 0.4) is 0 Å². The van der Waals surface area contributed by atoms with E-state index in [0.29, 0.717) is 0 Å². The Morgan fingerprint density at radius 1 is 1.58 bits per heavy atom. The lowest BCUT2D eigenvalue weighted by atomic mass is 9.94. The topological polar surface area (TPSA) is 35.5 Å². The van der Waals surface area contributed by atoms with Crippen LogP contribution in [0.1, 0.15) is 33.6 Å². The van der Waals surface area contributed by atoms with Crippen molar-refractivity contribution < 1.29 is 14.3 Å². The molecule has 3 heteroatoms. The number of rotatable bonds is 1. The SMILES string of the molecule is CC(=O)OC1CCCOC1(C)C. The normalized spacial score (nSPS) is 28.1. The first kappa shape index (κ1) is 9.52. The molecule has 1 unspecified atom stereocenters. The molecule has 1 aliphatic rings. The highest BCUT2D eigenvalue weighted by atomic mass is 16.6. The smallest absolute Gasteiger partial charge is 0.303 e. The Bertz CT molecular complexity index is 175. The van der Waals surface area contributed by atoms with Crippen molar-refractivity contribution in [1.82, 2.24) is 0 Å². The molecule has 12 heavy (non-hydrogen) atoms. The molecule has 3 nitrogen and oxygen atoms in total. The summed E-state index contributed by atoms with van der Waals surface area (Å²) in [5.74, 6) is -0.224. The molecule has 0 spiro atoms. The van der Waals surface area contributed by atoms with Crippen LogP contribution in [-0.4, -0.2) is 24.3 Å². The van der Waals surface area contributed by atoms with Crippen LogP contribution >= 0.6 is 0 Å². The van der Waals surface area contributed by atoms with Gasteiger partial charge in [0, 0.05) is 13.5 Å². The molecule has 0 aromatic rings. The largest absolute Gasteiger partial charge is 0.460 e. The van der Waals surface area contributed by atoms with Gasteiger partial charge >= 0.3 is 5.97 Å². The van der Waals surface area contributed by atoms with Gasteiger partial charge in [0.25, 0.3) is 0 Å². The second kappa shape index (κ2) is 3.44. The highest BCUT2D eigenvalue weighted by Crippen LogP contribution is 2.26. The van der Waals surface area contributed by atoms with E-state index >= 15 is 0 Å². The van der Waals surface area contributed by atoms with Gasteiger partial charge in [-0.05, 0) is 26.7 Å². The van der Waals surface area contributed by atoms with E-state index in [-0.39, 0.29) is 17.7 Å². The number of carbonyl (C=O) groups is 1. The van der Waals surface area contributed by atoms with Crippen LogP contribution in [0.4, 0.5) is 0 Å². The summed E-state index contributed by atoms with van der Waals surface area (Å²) in [7, 11) is 0. The van der Waals surface area contributed by atoms with Gasteiger partial charge in [0.05, 0.1) is 5.60 Å². The van der Waals surface area contributed by atoms with Crippen molar-refractivity contribution in [2.45, 2.75) is 45.3 Å². The van der Waals surface area contributed by atoms with Crippen molar-refractivity contribution in [2.75, 3.05) is 6.61 Å². The number of ether oxygens (including phenoxy) is 2. The van der Waals surface area contributed by atoms with Crippen LogP contribution in [0, 0.1) is 0 Å². The molecular weight excluding hydrogens is 156 g/mol. The van der Waals surface area contributed by atoms with E-state index in [1.807, 2.05) is 13.8 Å². The molecular formula is C9H16O3. The monoisotopic (exact) mass is 172 g/mol. The van der Waals surface area contributed by atoms with Crippen molar-refractivity contribution in [3.05, 3.63) is 0 Å². The lowest BCUT2D eigenvalue weighted by Gasteiger charge is -2.37. The minimum absolute atomic E-state index is 0.0799. The molecule has 1 heterocycles. The van der Waals surface area contributed by atoms with Crippen LogP contribution in [0.25, 0.3) is 0 Å². The maximum atomic E-state index is 10.7. The fraction of sp³-hybridized carbons (Fsp3) is 0.889. The molecule has 1 saturated heterocycles. The van der Waals surface area contributed by atoms with Crippen LogP contribution in [-0.2, 0) is 14.3 Å². The predicted molar refractivity (Wildman–Crippen MR) is 44.8 cm³/mol. The van der Waals surface area contributed by atoms with E-state index in [1.54, 1.807) is 0 Å². The first-order valence-electron chi connectivity index (χ1n) is 4.33. The Kier molecular flexibility index (Phi) is 2.73. The van der Waals surface area contributed by atoms with Crippen molar-refractivity contribution in [3.63, 3.8) is 0 Å². The molecule has 70 valence electrons. The van der Waals surface area contributed by atoms with Gasteiger partial charge in [-0.3, -0.25) is 4.79 Å². The quantitative estimate of drug-likeness (QED) is 0.562. The van der Waals surface area contributed by atoms with Crippen molar-refractivity contribution in [1.29, 1.82) is 0 Å². The average Bonchev–Trinajstić information content (AvgIpc) is 1.92. The van der Waals surface area contributed by atoms with Gasteiger partial charge < -0.3 is 9.47 Å². The predicted octanol–water partition coefficient (Wildman–Crippen LogP) is 1.51. The van der Waals surface area contributed by atoms with E-state index < -0.39 is 0 Å². The number of hydrogen-bond donors (Lipinski definition) is 0. The Balaban J connectivity index is 2.54. The molecule has 0 aromatic heterocycles. The minimum atomic E-state index is -0.316. The molecule has 0 N–H and O–H groups in total. The van der Waals surface area contributed by atoms with Crippen LogP contribution < -0.4 is 0 Å². The molecule has 0 aliphatic carbocycles. The molecule has 0 saturated carbocycles. The maximum absolute atomic E-state index is 10.7. The standard InChI is InChI=1S/C9H16O3/c1-7(10)12-8-5-4-6-11-9(8,2)3/h8H,4-6H2,1-3H3. The molecule has 1 fully saturated rings. The van der Waals surface area contributed by atoms with Gasteiger partial charge in [-0.25, -0.2) is 0 Å². The van der Waals surface area contributed by atoms with Crippen molar-refractivity contribution >= 4 is 5.97 Å². The lowest BCUT2D eigenvalue weighted by Crippen LogP contribution is -2.45. The van der Waals surface area contributed by atoms with Crippen LogP contribution in [0.2, 0.25) is 0 Å². The van der Waals surface area contributed by atoms with E-state index in [0.717, 1.165) is 19.4 Å². The number of carbonyl (C=O) groups excluding carboxylic acids is 1. The van der Waals surface area contributed by atoms with Gasteiger partial charge in [-0.1, -0.05) is 0 Å². The van der Waals surface area contributed by atoms with Crippen LogP contribution in [0.15, 0.2) is 0 Å². The van der Waals surface area contributed by atoms with E-state index in [1.165, 1.54) is 6.92 Å². The molecule has 0 radical (unpaired) electrons. The highest BCUT2D eigenvalue weighted by molar-refractivity contribution is 5.66. The zero-order valence-corrected chi connectivity index (χ0v) is 7.92. The summed E-state index contributed by atoms with van der Waals surface area (Å²) in [6, 6.07) is 0. The van der Waals surface area contributed by atoms with Gasteiger partial charge in [0.2, 0.25) is 0 Å². The van der Waals surface area contributed by atoms with Crippen LogP contribution in [0.5, 0.6) is 0 Å². The number of hydrogen-bond acceptors (Lipinski definition) is 3. The summed E-state index contributed by atoms with van der Waals surface area (Å²) in [6.45, 7) is 6.12. The summed E-state index contributed by atoms with van der Waals surface area (Å²) in [6.07, 6.45) is 1.80. The van der Waals surface area contributed by atoms with Crippen molar-refractivity contribution in [3.8, 4) is 0 Å². The van der Waals surface area contributed by atoms with Gasteiger partial charge in [-0.2, -0.15) is 0 Å². The Morgan fingerprint density at radius 2 is 2.25 bits per heavy atom. The summed E-state index contributed by atoms with van der Waals surface area (Å²) >= 11 is 0. The first-order chi connectivity index (χ1) is 5.52.